The molecule has 5 nitrogen and oxygen atoms in total. The van der Waals surface area contributed by atoms with Gasteiger partial charge in [-0.2, -0.15) is 5.10 Å². The molecule has 0 saturated carbocycles. The van der Waals surface area contributed by atoms with Crippen LogP contribution in [0.4, 0.5) is 0 Å². The third kappa shape index (κ3) is 3.24. The highest BCUT2D eigenvalue weighted by Crippen LogP contribution is 2.37. The minimum Gasteiger partial charge on any atom is -0.493 e. The van der Waals surface area contributed by atoms with Crippen LogP contribution in [0.3, 0.4) is 0 Å². The zero-order valence-corrected chi connectivity index (χ0v) is 13.8. The molecule has 1 aromatic heterocycles. The van der Waals surface area contributed by atoms with Gasteiger partial charge in [-0.15, -0.1) is 0 Å². The van der Waals surface area contributed by atoms with Crippen LogP contribution in [0.1, 0.15) is 58.3 Å². The first-order valence-electron chi connectivity index (χ1n) is 8.05. The van der Waals surface area contributed by atoms with Crippen LogP contribution in [0.2, 0.25) is 0 Å². The Kier molecular flexibility index (Phi) is 5.27. The highest BCUT2D eigenvalue weighted by molar-refractivity contribution is 5.29. The summed E-state index contributed by atoms with van der Waals surface area (Å²) in [5.41, 5.74) is 0.481. The summed E-state index contributed by atoms with van der Waals surface area (Å²) in [6.07, 6.45) is 5.79. The van der Waals surface area contributed by atoms with Crippen molar-refractivity contribution in [3.8, 4) is 5.75 Å². The maximum atomic E-state index is 11.0. The van der Waals surface area contributed by atoms with Gasteiger partial charge in [-0.1, -0.05) is 13.3 Å². The average Bonchev–Trinajstić information content (AvgIpc) is 2.90. The summed E-state index contributed by atoms with van der Waals surface area (Å²) < 4.78 is 7.30. The second-order valence-electron chi connectivity index (χ2n) is 6.43. The zero-order valence-electron chi connectivity index (χ0n) is 13.8. The van der Waals surface area contributed by atoms with Crippen molar-refractivity contribution in [1.82, 2.24) is 14.7 Å². The molecule has 1 fully saturated rings. The third-order valence-electron chi connectivity index (χ3n) is 4.60. The Labute approximate surface area is 127 Å². The lowest BCUT2D eigenvalue weighted by Crippen LogP contribution is -2.51. The fourth-order valence-corrected chi connectivity index (χ4v) is 3.18. The molecule has 2 heterocycles. The second kappa shape index (κ2) is 6.79. The molecule has 2 rings (SSSR count). The number of ether oxygens (including phenoxy) is 1. The van der Waals surface area contributed by atoms with Gasteiger partial charge in [0, 0.05) is 12.1 Å². The molecule has 0 radical (unpaired) electrons. The van der Waals surface area contributed by atoms with Crippen molar-refractivity contribution in [1.29, 1.82) is 0 Å². The van der Waals surface area contributed by atoms with E-state index in [-0.39, 0.29) is 5.54 Å². The number of likely N-dealkylation sites (tertiary alicyclic amines) is 1. The van der Waals surface area contributed by atoms with Crippen LogP contribution >= 0.6 is 0 Å². The number of hydrogen-bond acceptors (Lipinski definition) is 4. The van der Waals surface area contributed by atoms with Gasteiger partial charge in [0.2, 0.25) is 0 Å². The Morgan fingerprint density at radius 1 is 1.33 bits per heavy atom. The molecule has 0 aliphatic carbocycles. The SMILES string of the molecule is CCCn1ncc(OC)c1C(O)C(C)(C)N1CCCCC1. The summed E-state index contributed by atoms with van der Waals surface area (Å²) >= 11 is 0. The van der Waals surface area contributed by atoms with Gasteiger partial charge in [0.05, 0.1) is 13.3 Å². The predicted molar refractivity (Wildman–Crippen MR) is 83.5 cm³/mol. The summed E-state index contributed by atoms with van der Waals surface area (Å²) in [4.78, 5) is 2.39. The van der Waals surface area contributed by atoms with Gasteiger partial charge in [-0.3, -0.25) is 9.58 Å². The van der Waals surface area contributed by atoms with Gasteiger partial charge in [0.15, 0.2) is 5.75 Å². The van der Waals surface area contributed by atoms with E-state index in [2.05, 4.69) is 30.8 Å². The molecule has 1 saturated heterocycles. The van der Waals surface area contributed by atoms with E-state index < -0.39 is 6.10 Å². The van der Waals surface area contributed by atoms with Crippen molar-refractivity contribution in [2.45, 2.75) is 64.6 Å². The smallest absolute Gasteiger partial charge is 0.162 e. The normalized spacial score (nSPS) is 18.7. The van der Waals surface area contributed by atoms with Crippen LogP contribution in [0.5, 0.6) is 5.75 Å². The second-order valence-corrected chi connectivity index (χ2v) is 6.43. The Morgan fingerprint density at radius 3 is 2.57 bits per heavy atom. The number of aromatic nitrogens is 2. The number of piperidine rings is 1. The van der Waals surface area contributed by atoms with Crippen molar-refractivity contribution in [3.63, 3.8) is 0 Å². The van der Waals surface area contributed by atoms with Crippen molar-refractivity contribution >= 4 is 0 Å². The predicted octanol–water partition coefficient (Wildman–Crippen LogP) is 2.60. The molecule has 0 bridgehead atoms. The van der Waals surface area contributed by atoms with Crippen LogP contribution in [-0.4, -0.2) is 45.5 Å². The van der Waals surface area contributed by atoms with Gasteiger partial charge >= 0.3 is 0 Å². The Balaban J connectivity index is 2.28. The maximum Gasteiger partial charge on any atom is 0.162 e. The minimum atomic E-state index is -0.611. The van der Waals surface area contributed by atoms with Crippen LogP contribution < -0.4 is 4.74 Å². The Hall–Kier alpha value is -1.07. The monoisotopic (exact) mass is 295 g/mol. The van der Waals surface area contributed by atoms with Crippen molar-refractivity contribution < 1.29 is 9.84 Å². The molecule has 1 N–H and O–H groups in total. The quantitative estimate of drug-likeness (QED) is 0.876. The van der Waals surface area contributed by atoms with Gasteiger partial charge in [-0.25, -0.2) is 0 Å². The van der Waals surface area contributed by atoms with E-state index in [9.17, 15) is 5.11 Å². The Bertz CT molecular complexity index is 450. The van der Waals surface area contributed by atoms with Gasteiger partial charge in [0.1, 0.15) is 11.8 Å². The van der Waals surface area contributed by atoms with Crippen molar-refractivity contribution in [2.75, 3.05) is 20.2 Å². The molecule has 0 amide bonds. The largest absolute Gasteiger partial charge is 0.493 e. The molecule has 5 heteroatoms. The number of methoxy groups -OCH3 is 1. The van der Waals surface area contributed by atoms with E-state index in [1.54, 1.807) is 13.3 Å². The molecular weight excluding hydrogens is 266 g/mol. The number of aliphatic hydroxyl groups excluding tert-OH is 1. The molecule has 0 aromatic carbocycles. The van der Waals surface area contributed by atoms with Crippen LogP contribution in [-0.2, 0) is 6.54 Å². The highest BCUT2D eigenvalue weighted by atomic mass is 16.5. The Morgan fingerprint density at radius 2 is 2.00 bits per heavy atom. The van der Waals surface area contributed by atoms with Crippen LogP contribution in [0, 0.1) is 0 Å². The van der Waals surface area contributed by atoms with E-state index in [0.29, 0.717) is 5.75 Å². The lowest BCUT2D eigenvalue weighted by atomic mass is 9.90. The first-order chi connectivity index (χ1) is 10.0. The first kappa shape index (κ1) is 16.3. The molecule has 1 aliphatic heterocycles. The number of nitrogens with zero attached hydrogens (tertiary/aromatic N) is 3. The topological polar surface area (TPSA) is 50.5 Å². The van der Waals surface area contributed by atoms with E-state index in [4.69, 9.17) is 4.74 Å². The number of hydrogen-bond donors (Lipinski definition) is 1. The highest BCUT2D eigenvalue weighted by Gasteiger charge is 2.39. The molecule has 1 aromatic rings. The van der Waals surface area contributed by atoms with Crippen LogP contribution in [0.25, 0.3) is 0 Å². The summed E-state index contributed by atoms with van der Waals surface area (Å²) in [7, 11) is 1.64. The maximum absolute atomic E-state index is 11.0. The molecule has 120 valence electrons. The lowest BCUT2D eigenvalue weighted by molar-refractivity contribution is -0.0262. The van der Waals surface area contributed by atoms with Crippen molar-refractivity contribution in [3.05, 3.63) is 11.9 Å². The summed E-state index contributed by atoms with van der Waals surface area (Å²) in [5, 5.41) is 15.4. The van der Waals surface area contributed by atoms with E-state index in [1.807, 2.05) is 4.68 Å². The molecule has 21 heavy (non-hydrogen) atoms. The number of aliphatic hydroxyl groups is 1. The summed E-state index contributed by atoms with van der Waals surface area (Å²) in [5.74, 6) is 0.682. The first-order valence-corrected chi connectivity index (χ1v) is 8.05. The van der Waals surface area contributed by atoms with Gasteiger partial charge in [-0.05, 0) is 46.2 Å². The van der Waals surface area contributed by atoms with Crippen LogP contribution in [0.15, 0.2) is 6.20 Å². The molecule has 1 atom stereocenters. The fraction of sp³-hybridized carbons (Fsp3) is 0.812. The number of aryl methyl sites for hydroxylation is 1. The van der Waals surface area contributed by atoms with Crippen molar-refractivity contribution in [2.24, 2.45) is 0 Å². The average molecular weight is 295 g/mol. The van der Waals surface area contributed by atoms with E-state index >= 15 is 0 Å². The van der Waals surface area contributed by atoms with Gasteiger partial charge < -0.3 is 9.84 Å². The summed E-state index contributed by atoms with van der Waals surface area (Å²) in [6, 6.07) is 0. The molecule has 0 spiro atoms. The molecular formula is C16H29N3O2. The molecule has 1 unspecified atom stereocenters. The van der Waals surface area contributed by atoms with E-state index in [0.717, 1.165) is 31.7 Å². The molecule has 1 aliphatic rings. The zero-order chi connectivity index (χ0) is 15.5. The minimum absolute atomic E-state index is 0.320. The van der Waals surface area contributed by atoms with Gasteiger partial charge in [0.25, 0.3) is 0 Å². The van der Waals surface area contributed by atoms with E-state index in [1.165, 1.54) is 19.3 Å². The standard InChI is InChI=1S/C16H29N3O2/c1-5-9-19-14(13(21-4)12-17-19)15(20)16(2,3)18-10-7-6-8-11-18/h12,15,20H,5-11H2,1-4H3. The third-order valence-corrected chi connectivity index (χ3v) is 4.60. The lowest BCUT2D eigenvalue weighted by Gasteiger charge is -2.44. The fourth-order valence-electron chi connectivity index (χ4n) is 3.18. The summed E-state index contributed by atoms with van der Waals surface area (Å²) in [6.45, 7) is 9.24. The number of rotatable bonds is 6.